The Labute approximate surface area is 198 Å². The van der Waals surface area contributed by atoms with Crippen molar-refractivity contribution in [2.75, 3.05) is 44.4 Å². The fourth-order valence-corrected chi connectivity index (χ4v) is 5.93. The minimum absolute atomic E-state index is 0.0345. The molecule has 4 fully saturated rings. The Morgan fingerprint density at radius 2 is 2.06 bits per heavy atom. The summed E-state index contributed by atoms with van der Waals surface area (Å²) >= 11 is 0. The third-order valence-electron chi connectivity index (χ3n) is 7.70. The van der Waals surface area contributed by atoms with Gasteiger partial charge in [0.1, 0.15) is 29.9 Å². The number of alkyl halides is 4. The van der Waals surface area contributed by atoms with Crippen molar-refractivity contribution in [3.05, 3.63) is 35.7 Å². The molecule has 0 N–H and O–H groups in total. The van der Waals surface area contributed by atoms with Crippen LogP contribution >= 0.6 is 0 Å². The number of hydrogen-bond donors (Lipinski definition) is 0. The lowest BCUT2D eigenvalue weighted by molar-refractivity contribution is -0.137. The lowest BCUT2D eigenvalue weighted by atomic mass is 9.94. The molecular weight excluding hydrogens is 471 g/mol. The molecule has 1 saturated carbocycles. The number of aromatic nitrogens is 2. The van der Waals surface area contributed by atoms with Crippen LogP contribution in [0.1, 0.15) is 24.8 Å². The van der Waals surface area contributed by atoms with E-state index >= 15 is 0 Å². The predicted octanol–water partition coefficient (Wildman–Crippen LogP) is 4.13. The van der Waals surface area contributed by atoms with Gasteiger partial charge in [-0.05, 0) is 37.9 Å². The van der Waals surface area contributed by atoms with E-state index in [2.05, 4.69) is 21.4 Å². The third kappa shape index (κ3) is 3.83. The van der Waals surface area contributed by atoms with Crippen molar-refractivity contribution in [2.24, 2.45) is 5.92 Å². The van der Waals surface area contributed by atoms with Crippen LogP contribution in [0.25, 0.3) is 10.9 Å². The first-order valence-electron chi connectivity index (χ1n) is 11.8. The normalized spacial score (nSPS) is 30.9. The van der Waals surface area contributed by atoms with Crippen LogP contribution < -0.4 is 9.64 Å². The van der Waals surface area contributed by atoms with Crippen LogP contribution in [-0.4, -0.2) is 72.1 Å². The van der Waals surface area contributed by atoms with Gasteiger partial charge in [-0.3, -0.25) is 4.90 Å². The average Bonchev–Trinajstić information content (AvgIpc) is 3.20. The highest BCUT2D eigenvalue weighted by Gasteiger charge is 2.56. The number of fused-ring (bicyclic) bond motifs is 3. The van der Waals surface area contributed by atoms with Crippen molar-refractivity contribution in [3.8, 4) is 6.01 Å². The molecule has 0 amide bonds. The van der Waals surface area contributed by atoms with E-state index in [9.17, 15) is 22.0 Å². The summed E-state index contributed by atoms with van der Waals surface area (Å²) in [4.78, 5) is 12.5. The summed E-state index contributed by atoms with van der Waals surface area (Å²) in [5, 5.41) is -0.126. The van der Waals surface area contributed by atoms with E-state index < -0.39 is 35.7 Å². The van der Waals surface area contributed by atoms with E-state index in [0.717, 1.165) is 44.0 Å². The monoisotopic (exact) mass is 496 g/mol. The van der Waals surface area contributed by atoms with Gasteiger partial charge >= 0.3 is 12.2 Å². The molecular formula is C24H25F5N4O2. The maximum absolute atomic E-state index is 15.0. The second-order valence-corrected chi connectivity index (χ2v) is 10.0. The molecule has 6 rings (SSSR count). The lowest BCUT2D eigenvalue weighted by Crippen LogP contribution is -2.43. The van der Waals surface area contributed by atoms with Crippen molar-refractivity contribution < 1.29 is 31.4 Å². The molecule has 0 spiro atoms. The van der Waals surface area contributed by atoms with E-state index in [1.54, 1.807) is 4.90 Å². The highest BCUT2D eigenvalue weighted by molar-refractivity contribution is 5.91. The fourth-order valence-electron chi connectivity index (χ4n) is 5.93. The highest BCUT2D eigenvalue weighted by Crippen LogP contribution is 2.46. The van der Waals surface area contributed by atoms with Gasteiger partial charge in [-0.25, -0.2) is 8.78 Å². The minimum atomic E-state index is -4.76. The van der Waals surface area contributed by atoms with Gasteiger partial charge in [-0.15, -0.1) is 0 Å². The smallest absolute Gasteiger partial charge is 0.416 e. The molecule has 188 valence electrons. The van der Waals surface area contributed by atoms with Crippen LogP contribution in [0.2, 0.25) is 0 Å². The van der Waals surface area contributed by atoms with Crippen LogP contribution in [0.5, 0.6) is 6.01 Å². The highest BCUT2D eigenvalue weighted by atomic mass is 19.4. The Balaban J connectivity index is 1.42. The standard InChI is InChI=1S/C24H25F5N4O2/c1-13-9-23(3-2-4-32(23)10-13)12-35-22-30-19-15(7-14(8-17(19)25)24(27,28)29)21(31-22)33-5-6-34-11-16-18(26)20(16)33/h7-8,16,18,20H,1-6,9-12H2/t16-,18-,20-,23-/m0/s1. The molecule has 0 unspecified atom stereocenters. The minimum Gasteiger partial charge on any atom is -0.461 e. The van der Waals surface area contributed by atoms with Gasteiger partial charge in [-0.1, -0.05) is 12.2 Å². The topological polar surface area (TPSA) is 50.7 Å². The lowest BCUT2D eigenvalue weighted by Gasteiger charge is -2.31. The second kappa shape index (κ2) is 7.99. The zero-order chi connectivity index (χ0) is 24.5. The Morgan fingerprint density at radius 1 is 1.23 bits per heavy atom. The van der Waals surface area contributed by atoms with Gasteiger partial charge in [-0.2, -0.15) is 23.1 Å². The molecule has 1 aliphatic carbocycles. The molecule has 4 atom stereocenters. The van der Waals surface area contributed by atoms with E-state index in [4.69, 9.17) is 9.47 Å². The molecule has 3 aliphatic heterocycles. The number of benzene rings is 1. The zero-order valence-corrected chi connectivity index (χ0v) is 19.0. The largest absolute Gasteiger partial charge is 0.461 e. The van der Waals surface area contributed by atoms with E-state index in [1.165, 1.54) is 0 Å². The third-order valence-corrected chi connectivity index (χ3v) is 7.70. The number of rotatable bonds is 4. The molecule has 2 aromatic rings. The molecule has 6 nitrogen and oxygen atoms in total. The van der Waals surface area contributed by atoms with Crippen LogP contribution in [-0.2, 0) is 10.9 Å². The number of ether oxygens (including phenoxy) is 2. The Bertz CT molecular complexity index is 1190. The van der Waals surface area contributed by atoms with Gasteiger partial charge in [0.25, 0.3) is 0 Å². The number of nitrogens with zero attached hydrogens (tertiary/aromatic N) is 4. The number of halogens is 5. The van der Waals surface area contributed by atoms with Gasteiger partial charge in [0.2, 0.25) is 0 Å². The molecule has 3 saturated heterocycles. The van der Waals surface area contributed by atoms with E-state index in [0.29, 0.717) is 6.07 Å². The van der Waals surface area contributed by atoms with Crippen molar-refractivity contribution in [2.45, 2.75) is 43.2 Å². The number of anilines is 1. The van der Waals surface area contributed by atoms with E-state index in [1.807, 2.05) is 0 Å². The summed E-state index contributed by atoms with van der Waals surface area (Å²) in [6.07, 6.45) is -3.26. The zero-order valence-electron chi connectivity index (χ0n) is 19.0. The Kier molecular flexibility index (Phi) is 5.23. The second-order valence-electron chi connectivity index (χ2n) is 10.0. The summed E-state index contributed by atoms with van der Waals surface area (Å²) in [6.45, 7) is 6.75. The molecule has 1 aromatic carbocycles. The first kappa shape index (κ1) is 22.9. The molecule has 1 aromatic heterocycles. The maximum atomic E-state index is 15.0. The summed E-state index contributed by atoms with van der Waals surface area (Å²) in [7, 11) is 0. The fraction of sp³-hybridized carbons (Fsp3) is 0.583. The molecule has 0 radical (unpaired) electrons. The SMILES string of the molecule is C=C1CN2CCC[C@@]2(COc2nc(N3CCOC[C@H]4[C@H](F)[C@H]43)c3cc(C(F)(F)F)cc(F)c3n2)C1. The predicted molar refractivity (Wildman–Crippen MR) is 118 cm³/mol. The van der Waals surface area contributed by atoms with Crippen LogP contribution in [0.3, 0.4) is 0 Å². The van der Waals surface area contributed by atoms with Crippen LogP contribution in [0.15, 0.2) is 24.3 Å². The molecule has 0 bridgehead atoms. The average molecular weight is 496 g/mol. The molecule has 35 heavy (non-hydrogen) atoms. The summed E-state index contributed by atoms with van der Waals surface area (Å²) in [5.41, 5.74) is -0.568. The number of hydrogen-bond acceptors (Lipinski definition) is 6. The van der Waals surface area contributed by atoms with Crippen molar-refractivity contribution >= 4 is 16.7 Å². The van der Waals surface area contributed by atoms with Gasteiger partial charge in [0.05, 0.1) is 30.4 Å². The van der Waals surface area contributed by atoms with E-state index in [-0.39, 0.29) is 54.6 Å². The van der Waals surface area contributed by atoms with Crippen molar-refractivity contribution in [1.82, 2.24) is 14.9 Å². The molecule has 4 aliphatic rings. The van der Waals surface area contributed by atoms with Crippen LogP contribution in [0.4, 0.5) is 27.8 Å². The molecule has 11 heteroatoms. The van der Waals surface area contributed by atoms with Crippen LogP contribution in [0, 0.1) is 11.7 Å². The summed E-state index contributed by atoms with van der Waals surface area (Å²) < 4.78 is 81.4. The maximum Gasteiger partial charge on any atom is 0.416 e. The first-order valence-corrected chi connectivity index (χ1v) is 11.8. The summed E-state index contributed by atoms with van der Waals surface area (Å²) in [5.74, 6) is -1.50. The summed E-state index contributed by atoms with van der Waals surface area (Å²) in [6, 6.07) is 0.516. The van der Waals surface area contributed by atoms with Gasteiger partial charge in [0, 0.05) is 24.4 Å². The van der Waals surface area contributed by atoms with Crippen molar-refractivity contribution in [3.63, 3.8) is 0 Å². The Hall–Kier alpha value is -2.53. The van der Waals surface area contributed by atoms with Crippen molar-refractivity contribution in [1.29, 1.82) is 0 Å². The first-order chi connectivity index (χ1) is 16.7. The van der Waals surface area contributed by atoms with Gasteiger partial charge < -0.3 is 14.4 Å². The molecule has 4 heterocycles. The quantitative estimate of drug-likeness (QED) is 0.469. The Morgan fingerprint density at radius 3 is 2.86 bits per heavy atom. The van der Waals surface area contributed by atoms with Gasteiger partial charge in [0.15, 0.2) is 0 Å².